The van der Waals surface area contributed by atoms with Crippen LogP contribution in [0.5, 0.6) is 5.88 Å². The van der Waals surface area contributed by atoms with Crippen LogP contribution in [-0.2, 0) is 0 Å². The number of piperidine rings is 1. The molecule has 0 radical (unpaired) electrons. The lowest BCUT2D eigenvalue weighted by Crippen LogP contribution is -2.51. The molecule has 3 heterocycles. The summed E-state index contributed by atoms with van der Waals surface area (Å²) >= 11 is 0. The smallest absolute Gasteiger partial charge is 0.255 e. The van der Waals surface area contributed by atoms with Crippen molar-refractivity contribution in [2.75, 3.05) is 0 Å². The van der Waals surface area contributed by atoms with E-state index in [4.69, 9.17) is 4.74 Å². The molecule has 2 fully saturated rings. The number of nitrogens with zero attached hydrogens (tertiary/aromatic N) is 4. The Morgan fingerprint density at radius 3 is 2.56 bits per heavy atom. The van der Waals surface area contributed by atoms with Crippen molar-refractivity contribution in [2.45, 2.75) is 44.9 Å². The molecule has 1 saturated carbocycles. The number of fused-ring (bicyclic) bond motifs is 2. The van der Waals surface area contributed by atoms with Gasteiger partial charge >= 0.3 is 0 Å². The van der Waals surface area contributed by atoms with E-state index in [0.29, 0.717) is 28.4 Å². The Kier molecular flexibility index (Phi) is 5.07. The second kappa shape index (κ2) is 7.93. The molecule has 8 heteroatoms. The number of pyridine rings is 1. The minimum absolute atomic E-state index is 0.0391. The second-order valence-corrected chi connectivity index (χ2v) is 8.44. The van der Waals surface area contributed by atoms with E-state index >= 15 is 0 Å². The van der Waals surface area contributed by atoms with E-state index < -0.39 is 11.8 Å². The maximum atomic E-state index is 13.9. The van der Waals surface area contributed by atoms with Gasteiger partial charge in [0.05, 0.1) is 24.0 Å². The first-order valence-electron chi connectivity index (χ1n) is 10.6. The number of aromatic nitrogens is 3. The van der Waals surface area contributed by atoms with E-state index in [9.17, 15) is 13.6 Å². The van der Waals surface area contributed by atoms with Gasteiger partial charge in [-0.05, 0) is 44.7 Å². The third kappa shape index (κ3) is 3.49. The highest BCUT2D eigenvalue weighted by atomic mass is 19.1. The maximum absolute atomic E-state index is 13.9. The lowest BCUT2D eigenvalue weighted by atomic mass is 9.97. The van der Waals surface area contributed by atoms with Crippen molar-refractivity contribution in [3.63, 3.8) is 0 Å². The fourth-order valence-corrected chi connectivity index (χ4v) is 4.85. The zero-order valence-electron chi connectivity index (χ0n) is 17.7. The second-order valence-electron chi connectivity index (χ2n) is 8.44. The molecule has 0 N–H and O–H groups in total. The summed E-state index contributed by atoms with van der Waals surface area (Å²) in [7, 11) is 0. The SMILES string of the molecule is Cc1ccc(OC2CC3CC2N(C(=O)c2ccccc2-c2ncc(F)cn2)C3C)nc1F. The summed E-state index contributed by atoms with van der Waals surface area (Å²) in [5.74, 6) is -0.432. The molecule has 164 valence electrons. The van der Waals surface area contributed by atoms with E-state index in [1.165, 1.54) is 0 Å². The monoisotopic (exact) mass is 436 g/mol. The van der Waals surface area contributed by atoms with Crippen molar-refractivity contribution >= 4 is 5.91 Å². The largest absolute Gasteiger partial charge is 0.472 e. The van der Waals surface area contributed by atoms with Crippen LogP contribution in [0.3, 0.4) is 0 Å². The highest BCUT2D eigenvalue weighted by Crippen LogP contribution is 2.45. The summed E-state index contributed by atoms with van der Waals surface area (Å²) in [5.41, 5.74) is 1.46. The molecule has 4 atom stereocenters. The maximum Gasteiger partial charge on any atom is 0.255 e. The summed E-state index contributed by atoms with van der Waals surface area (Å²) in [6.45, 7) is 3.69. The first kappa shape index (κ1) is 20.5. The van der Waals surface area contributed by atoms with Crippen molar-refractivity contribution in [3.05, 3.63) is 71.7 Å². The number of amides is 1. The van der Waals surface area contributed by atoms with Crippen LogP contribution >= 0.6 is 0 Å². The fraction of sp³-hybridized carbons (Fsp3) is 0.333. The highest BCUT2D eigenvalue weighted by Gasteiger charge is 2.53. The number of hydrogen-bond donors (Lipinski definition) is 0. The van der Waals surface area contributed by atoms with Crippen LogP contribution in [-0.4, -0.2) is 43.9 Å². The lowest BCUT2D eigenvalue weighted by molar-refractivity contribution is 0.0312. The van der Waals surface area contributed by atoms with Gasteiger partial charge in [0.2, 0.25) is 11.8 Å². The zero-order valence-corrected chi connectivity index (χ0v) is 17.7. The molecule has 0 spiro atoms. The van der Waals surface area contributed by atoms with Crippen LogP contribution < -0.4 is 4.74 Å². The van der Waals surface area contributed by atoms with Gasteiger partial charge in [0, 0.05) is 23.2 Å². The predicted octanol–water partition coefficient (Wildman–Crippen LogP) is 4.20. The first-order chi connectivity index (χ1) is 15.4. The van der Waals surface area contributed by atoms with Gasteiger partial charge in [-0.15, -0.1) is 0 Å². The van der Waals surface area contributed by atoms with Crippen molar-refractivity contribution in [1.82, 2.24) is 19.9 Å². The summed E-state index contributed by atoms with van der Waals surface area (Å²) in [4.78, 5) is 27.5. The standard InChI is InChI=1S/C24H22F2N4O2/c1-13-7-8-21(29-22(13)26)32-20-10-15-9-19(20)30(14(15)2)24(31)18-6-4-3-5-17(18)23-27-11-16(25)12-28-23/h3-8,11-12,14-15,19-20H,9-10H2,1-2H3. The summed E-state index contributed by atoms with van der Waals surface area (Å²) in [5, 5.41) is 0. The molecule has 3 aromatic rings. The first-order valence-corrected chi connectivity index (χ1v) is 10.6. The number of halogens is 2. The Hall–Kier alpha value is -3.42. The van der Waals surface area contributed by atoms with Gasteiger partial charge in [0.1, 0.15) is 6.10 Å². The van der Waals surface area contributed by atoms with Crippen LogP contribution in [0.1, 0.15) is 35.7 Å². The Morgan fingerprint density at radius 1 is 1.09 bits per heavy atom. The van der Waals surface area contributed by atoms with Crippen LogP contribution in [0.4, 0.5) is 8.78 Å². The van der Waals surface area contributed by atoms with E-state index in [0.717, 1.165) is 25.2 Å². The number of hydrogen-bond acceptors (Lipinski definition) is 5. The van der Waals surface area contributed by atoms with E-state index in [-0.39, 0.29) is 30.0 Å². The van der Waals surface area contributed by atoms with Crippen molar-refractivity contribution in [2.24, 2.45) is 5.92 Å². The van der Waals surface area contributed by atoms with Gasteiger partial charge < -0.3 is 9.64 Å². The van der Waals surface area contributed by atoms with Gasteiger partial charge in [0.15, 0.2) is 11.6 Å². The van der Waals surface area contributed by atoms with Crippen LogP contribution in [0.25, 0.3) is 11.4 Å². The number of carbonyl (C=O) groups excluding carboxylic acids is 1. The van der Waals surface area contributed by atoms with Gasteiger partial charge in [0.25, 0.3) is 5.91 Å². The Balaban J connectivity index is 1.43. The molecule has 2 bridgehead atoms. The fourth-order valence-electron chi connectivity index (χ4n) is 4.85. The number of rotatable bonds is 4. The minimum atomic E-state index is -0.555. The molecule has 2 aromatic heterocycles. The quantitative estimate of drug-likeness (QED) is 0.574. The highest BCUT2D eigenvalue weighted by molar-refractivity contribution is 6.00. The average Bonchev–Trinajstić information content (AvgIpc) is 3.34. The Bertz CT molecular complexity index is 1170. The number of benzene rings is 1. The molecule has 1 aliphatic heterocycles. The molecule has 5 rings (SSSR count). The van der Waals surface area contributed by atoms with Gasteiger partial charge in [-0.3, -0.25) is 4.79 Å². The molecular weight excluding hydrogens is 414 g/mol. The molecule has 1 aromatic carbocycles. The number of carbonyl (C=O) groups is 1. The third-order valence-corrected chi connectivity index (χ3v) is 6.52. The summed E-state index contributed by atoms with van der Waals surface area (Å²) in [6.07, 6.45) is 3.52. The Morgan fingerprint density at radius 2 is 1.84 bits per heavy atom. The molecular formula is C24H22F2N4O2. The van der Waals surface area contributed by atoms with E-state index in [2.05, 4.69) is 15.0 Å². The van der Waals surface area contributed by atoms with Crippen LogP contribution in [0, 0.1) is 24.6 Å². The zero-order chi connectivity index (χ0) is 22.4. The lowest BCUT2D eigenvalue weighted by Gasteiger charge is -2.38. The van der Waals surface area contributed by atoms with Crippen molar-refractivity contribution in [1.29, 1.82) is 0 Å². The molecule has 6 nitrogen and oxygen atoms in total. The van der Waals surface area contributed by atoms with Crippen LogP contribution in [0.2, 0.25) is 0 Å². The molecule has 1 aliphatic carbocycles. The van der Waals surface area contributed by atoms with Crippen molar-refractivity contribution in [3.8, 4) is 17.3 Å². The molecule has 32 heavy (non-hydrogen) atoms. The number of aryl methyl sites for hydroxylation is 1. The predicted molar refractivity (Wildman–Crippen MR) is 113 cm³/mol. The van der Waals surface area contributed by atoms with Crippen LogP contribution in [0.15, 0.2) is 48.8 Å². The van der Waals surface area contributed by atoms with Gasteiger partial charge in [-0.2, -0.15) is 9.37 Å². The van der Waals surface area contributed by atoms with Gasteiger partial charge in [-0.1, -0.05) is 18.2 Å². The summed E-state index contributed by atoms with van der Waals surface area (Å²) in [6, 6.07) is 10.3. The van der Waals surface area contributed by atoms with Crippen molar-refractivity contribution < 1.29 is 18.3 Å². The molecule has 1 saturated heterocycles. The third-order valence-electron chi connectivity index (χ3n) is 6.52. The topological polar surface area (TPSA) is 68.2 Å². The van der Waals surface area contributed by atoms with E-state index in [1.807, 2.05) is 11.8 Å². The number of likely N-dealkylation sites (tertiary alicyclic amines) is 1. The van der Waals surface area contributed by atoms with E-state index in [1.54, 1.807) is 43.3 Å². The molecule has 1 amide bonds. The van der Waals surface area contributed by atoms with Gasteiger partial charge in [-0.25, -0.2) is 14.4 Å². The number of ether oxygens (including phenoxy) is 1. The summed E-state index contributed by atoms with van der Waals surface area (Å²) < 4.78 is 33.2. The normalized spacial score (nSPS) is 24.1. The Labute approximate surface area is 184 Å². The molecule has 4 unspecified atom stereocenters. The molecule has 2 aliphatic rings. The minimum Gasteiger partial charge on any atom is -0.472 e. The average molecular weight is 436 g/mol.